The first-order valence-corrected chi connectivity index (χ1v) is 6.38. The Morgan fingerprint density at radius 2 is 2.12 bits per heavy atom. The number of nitrogens with one attached hydrogen (secondary N) is 1. The standard InChI is InChI=1S/C11H12ClN3OS/c1-2-13-11-10(14-15-17-11)7-16-9-5-3-8(12)4-6-9/h3-6,13H,2,7H2,1H3. The molecule has 4 nitrogen and oxygen atoms in total. The van der Waals surface area contributed by atoms with Crippen LogP contribution in [0.3, 0.4) is 0 Å². The van der Waals surface area contributed by atoms with E-state index >= 15 is 0 Å². The van der Waals surface area contributed by atoms with Crippen LogP contribution in [0.25, 0.3) is 0 Å². The van der Waals surface area contributed by atoms with Gasteiger partial charge in [0.1, 0.15) is 23.1 Å². The highest BCUT2D eigenvalue weighted by atomic mass is 35.5. The molecule has 2 aromatic rings. The van der Waals surface area contributed by atoms with Crippen molar-refractivity contribution in [2.24, 2.45) is 0 Å². The van der Waals surface area contributed by atoms with E-state index in [0.717, 1.165) is 23.0 Å². The molecule has 0 amide bonds. The fourth-order valence-electron chi connectivity index (χ4n) is 1.28. The van der Waals surface area contributed by atoms with Gasteiger partial charge in [0.25, 0.3) is 0 Å². The van der Waals surface area contributed by atoms with Crippen molar-refractivity contribution in [1.82, 2.24) is 9.59 Å². The van der Waals surface area contributed by atoms with Crippen LogP contribution in [0.2, 0.25) is 5.02 Å². The van der Waals surface area contributed by atoms with Crippen LogP contribution in [0.1, 0.15) is 12.6 Å². The van der Waals surface area contributed by atoms with E-state index in [1.165, 1.54) is 11.5 Å². The second kappa shape index (κ2) is 5.84. The van der Waals surface area contributed by atoms with Crippen molar-refractivity contribution in [3.63, 3.8) is 0 Å². The van der Waals surface area contributed by atoms with E-state index in [9.17, 15) is 0 Å². The number of aromatic nitrogens is 2. The Morgan fingerprint density at radius 1 is 1.35 bits per heavy atom. The Morgan fingerprint density at radius 3 is 2.82 bits per heavy atom. The monoisotopic (exact) mass is 269 g/mol. The summed E-state index contributed by atoms with van der Waals surface area (Å²) in [5, 5.41) is 8.87. The Hall–Kier alpha value is -1.33. The van der Waals surface area contributed by atoms with Crippen molar-refractivity contribution in [2.45, 2.75) is 13.5 Å². The van der Waals surface area contributed by atoms with Gasteiger partial charge in [-0.15, -0.1) is 5.10 Å². The third-order valence-corrected chi connectivity index (χ3v) is 3.06. The molecule has 1 aromatic carbocycles. The number of rotatable bonds is 5. The molecule has 0 fully saturated rings. The third kappa shape index (κ3) is 3.31. The minimum absolute atomic E-state index is 0.403. The molecule has 0 aliphatic heterocycles. The Balaban J connectivity index is 1.97. The van der Waals surface area contributed by atoms with E-state index in [1.807, 2.05) is 19.1 Å². The lowest BCUT2D eigenvalue weighted by Gasteiger charge is -2.05. The molecular weight excluding hydrogens is 258 g/mol. The fraction of sp³-hybridized carbons (Fsp3) is 0.273. The normalized spacial score (nSPS) is 10.2. The molecular formula is C11H12ClN3OS. The van der Waals surface area contributed by atoms with Gasteiger partial charge in [0.05, 0.1) is 0 Å². The Kier molecular flexibility index (Phi) is 4.17. The third-order valence-electron chi connectivity index (χ3n) is 2.08. The average Bonchev–Trinajstić information content (AvgIpc) is 2.77. The van der Waals surface area contributed by atoms with Gasteiger partial charge in [0.2, 0.25) is 0 Å². The number of nitrogens with zero attached hydrogens (tertiary/aromatic N) is 2. The van der Waals surface area contributed by atoms with Crippen LogP contribution in [0.5, 0.6) is 5.75 Å². The zero-order chi connectivity index (χ0) is 12.1. The molecule has 6 heteroatoms. The first-order chi connectivity index (χ1) is 8.29. The van der Waals surface area contributed by atoms with Gasteiger partial charge in [0.15, 0.2) is 0 Å². The zero-order valence-electron chi connectivity index (χ0n) is 9.31. The van der Waals surface area contributed by atoms with Gasteiger partial charge >= 0.3 is 0 Å². The number of halogens is 1. The van der Waals surface area contributed by atoms with Crippen LogP contribution in [-0.2, 0) is 6.61 Å². The molecule has 0 saturated carbocycles. The topological polar surface area (TPSA) is 47.0 Å². The highest BCUT2D eigenvalue weighted by molar-refractivity contribution is 7.10. The Labute approximate surface area is 109 Å². The largest absolute Gasteiger partial charge is 0.487 e. The van der Waals surface area contributed by atoms with E-state index < -0.39 is 0 Å². The Bertz CT molecular complexity index is 472. The quantitative estimate of drug-likeness (QED) is 0.905. The highest BCUT2D eigenvalue weighted by Crippen LogP contribution is 2.21. The molecule has 90 valence electrons. The molecule has 0 saturated heterocycles. The van der Waals surface area contributed by atoms with Gasteiger partial charge in [-0.05, 0) is 31.2 Å². The maximum atomic E-state index is 5.79. The van der Waals surface area contributed by atoms with Crippen LogP contribution in [-0.4, -0.2) is 16.1 Å². The first-order valence-electron chi connectivity index (χ1n) is 5.23. The predicted molar refractivity (Wildman–Crippen MR) is 69.9 cm³/mol. The summed E-state index contributed by atoms with van der Waals surface area (Å²) in [6, 6.07) is 7.24. The van der Waals surface area contributed by atoms with Gasteiger partial charge in [-0.25, -0.2) is 0 Å². The van der Waals surface area contributed by atoms with Gasteiger partial charge in [-0.2, -0.15) is 0 Å². The van der Waals surface area contributed by atoms with Crippen molar-refractivity contribution < 1.29 is 4.74 Å². The molecule has 17 heavy (non-hydrogen) atoms. The molecule has 0 aliphatic rings. The lowest BCUT2D eigenvalue weighted by Crippen LogP contribution is -2.02. The summed E-state index contributed by atoms with van der Waals surface area (Å²) >= 11 is 7.13. The predicted octanol–water partition coefficient (Wildman–Crippen LogP) is 3.20. The molecule has 2 rings (SSSR count). The van der Waals surface area contributed by atoms with E-state index in [1.54, 1.807) is 12.1 Å². The molecule has 0 bridgehead atoms. The van der Waals surface area contributed by atoms with E-state index in [2.05, 4.69) is 14.9 Å². The highest BCUT2D eigenvalue weighted by Gasteiger charge is 2.07. The molecule has 0 aliphatic carbocycles. The molecule has 1 N–H and O–H groups in total. The minimum atomic E-state index is 0.403. The van der Waals surface area contributed by atoms with Crippen molar-refractivity contribution in [3.05, 3.63) is 35.0 Å². The molecule has 1 heterocycles. The molecule has 0 unspecified atom stereocenters. The molecule has 0 spiro atoms. The van der Waals surface area contributed by atoms with Crippen LogP contribution in [0.4, 0.5) is 5.00 Å². The summed E-state index contributed by atoms with van der Waals surface area (Å²) in [5.74, 6) is 0.768. The van der Waals surface area contributed by atoms with Gasteiger partial charge in [-0.3, -0.25) is 0 Å². The maximum absolute atomic E-state index is 5.79. The smallest absolute Gasteiger partial charge is 0.136 e. The number of hydrogen-bond acceptors (Lipinski definition) is 5. The molecule has 1 aromatic heterocycles. The number of anilines is 1. The average molecular weight is 270 g/mol. The summed E-state index contributed by atoms with van der Waals surface area (Å²) in [4.78, 5) is 0. The summed E-state index contributed by atoms with van der Waals surface area (Å²) in [7, 11) is 0. The van der Waals surface area contributed by atoms with Crippen LogP contribution >= 0.6 is 23.1 Å². The zero-order valence-corrected chi connectivity index (χ0v) is 10.9. The van der Waals surface area contributed by atoms with Crippen molar-refractivity contribution in [2.75, 3.05) is 11.9 Å². The second-order valence-corrected chi connectivity index (χ2v) is 4.51. The van der Waals surface area contributed by atoms with Gasteiger partial charge in [0, 0.05) is 23.1 Å². The lowest BCUT2D eigenvalue weighted by molar-refractivity contribution is 0.301. The van der Waals surface area contributed by atoms with Gasteiger partial charge < -0.3 is 10.1 Å². The van der Waals surface area contributed by atoms with Crippen molar-refractivity contribution in [3.8, 4) is 5.75 Å². The SMILES string of the molecule is CCNc1snnc1COc1ccc(Cl)cc1. The van der Waals surface area contributed by atoms with Crippen molar-refractivity contribution in [1.29, 1.82) is 0 Å². The van der Waals surface area contributed by atoms with Crippen LogP contribution < -0.4 is 10.1 Å². The second-order valence-electron chi connectivity index (χ2n) is 3.32. The maximum Gasteiger partial charge on any atom is 0.136 e. The van der Waals surface area contributed by atoms with E-state index in [4.69, 9.17) is 16.3 Å². The molecule has 0 atom stereocenters. The lowest BCUT2D eigenvalue weighted by atomic mass is 10.3. The number of benzene rings is 1. The minimum Gasteiger partial charge on any atom is -0.487 e. The fourth-order valence-corrected chi connectivity index (χ4v) is 2.04. The van der Waals surface area contributed by atoms with Crippen molar-refractivity contribution >= 4 is 28.1 Å². The first kappa shape index (κ1) is 12.1. The number of ether oxygens (including phenoxy) is 1. The molecule has 0 radical (unpaired) electrons. The summed E-state index contributed by atoms with van der Waals surface area (Å²) < 4.78 is 9.49. The van der Waals surface area contributed by atoms with Crippen LogP contribution in [0.15, 0.2) is 24.3 Å². The summed E-state index contributed by atoms with van der Waals surface area (Å²) in [5.41, 5.74) is 0.826. The summed E-state index contributed by atoms with van der Waals surface area (Å²) in [6.45, 7) is 3.28. The van der Waals surface area contributed by atoms with Crippen LogP contribution in [0, 0.1) is 0 Å². The van der Waals surface area contributed by atoms with E-state index in [-0.39, 0.29) is 0 Å². The van der Waals surface area contributed by atoms with E-state index in [0.29, 0.717) is 11.6 Å². The number of hydrogen-bond donors (Lipinski definition) is 1. The van der Waals surface area contributed by atoms with Gasteiger partial charge in [-0.1, -0.05) is 16.1 Å². The summed E-state index contributed by atoms with van der Waals surface area (Å²) in [6.07, 6.45) is 0.